The minimum atomic E-state index is 0.160. The molecule has 0 aliphatic heterocycles. The van der Waals surface area contributed by atoms with Crippen LogP contribution in [-0.4, -0.2) is 21.5 Å². The first-order chi connectivity index (χ1) is 7.70. The average molecular weight is 237 g/mol. The molecule has 0 fully saturated rings. The van der Waals surface area contributed by atoms with Crippen molar-refractivity contribution in [2.45, 2.75) is 12.8 Å². The van der Waals surface area contributed by atoms with E-state index in [-0.39, 0.29) is 12.5 Å². The van der Waals surface area contributed by atoms with Crippen molar-refractivity contribution in [1.82, 2.24) is 9.78 Å². The number of aliphatic hydroxyl groups is 1. The van der Waals surface area contributed by atoms with Crippen LogP contribution in [0.5, 0.6) is 0 Å². The molecule has 0 bridgehead atoms. The van der Waals surface area contributed by atoms with Gasteiger partial charge in [-0.15, -0.1) is 0 Å². The van der Waals surface area contributed by atoms with Gasteiger partial charge in [-0.25, -0.2) is 4.68 Å². The van der Waals surface area contributed by atoms with Crippen LogP contribution in [0, 0.1) is 0 Å². The van der Waals surface area contributed by atoms with Crippen molar-refractivity contribution in [3.05, 3.63) is 47.2 Å². The van der Waals surface area contributed by atoms with Gasteiger partial charge in [-0.05, 0) is 17.7 Å². The van der Waals surface area contributed by atoms with Gasteiger partial charge in [0, 0.05) is 18.7 Å². The second-order valence-electron chi connectivity index (χ2n) is 3.78. The van der Waals surface area contributed by atoms with E-state index in [0.29, 0.717) is 5.02 Å². The van der Waals surface area contributed by atoms with Crippen LogP contribution in [0.2, 0.25) is 5.02 Å². The van der Waals surface area contributed by atoms with E-state index in [1.54, 1.807) is 17.1 Å². The molecule has 0 aliphatic carbocycles. The van der Waals surface area contributed by atoms with Crippen LogP contribution in [-0.2, 0) is 0 Å². The standard InChI is InChI=1S/C12H13ClN2O/c1-9(8-16)10-2-4-12(5-3-10)15-7-11(13)6-14-15/h2-7,9,16H,8H2,1H3. The summed E-state index contributed by atoms with van der Waals surface area (Å²) in [5, 5.41) is 13.8. The van der Waals surface area contributed by atoms with Gasteiger partial charge in [0.25, 0.3) is 0 Å². The molecule has 0 saturated heterocycles. The molecule has 1 aromatic heterocycles. The van der Waals surface area contributed by atoms with Gasteiger partial charge in [0.1, 0.15) is 0 Å². The summed E-state index contributed by atoms with van der Waals surface area (Å²) in [6.07, 6.45) is 3.36. The fourth-order valence-corrected chi connectivity index (χ4v) is 1.64. The summed E-state index contributed by atoms with van der Waals surface area (Å²) in [5.41, 5.74) is 2.07. The Morgan fingerprint density at radius 2 is 2.06 bits per heavy atom. The first-order valence-corrected chi connectivity index (χ1v) is 5.50. The predicted octanol–water partition coefficient (Wildman–Crippen LogP) is 2.62. The van der Waals surface area contributed by atoms with Crippen LogP contribution in [0.3, 0.4) is 0 Å². The Hall–Kier alpha value is -1.32. The lowest BCUT2D eigenvalue weighted by Gasteiger charge is -2.09. The molecule has 0 aliphatic rings. The quantitative estimate of drug-likeness (QED) is 0.890. The fraction of sp³-hybridized carbons (Fsp3) is 0.250. The Balaban J connectivity index is 2.25. The second-order valence-corrected chi connectivity index (χ2v) is 4.21. The topological polar surface area (TPSA) is 38.0 Å². The van der Waals surface area contributed by atoms with E-state index in [1.807, 2.05) is 31.2 Å². The van der Waals surface area contributed by atoms with E-state index < -0.39 is 0 Å². The van der Waals surface area contributed by atoms with E-state index in [2.05, 4.69) is 5.10 Å². The predicted molar refractivity (Wildman–Crippen MR) is 64.1 cm³/mol. The molecule has 1 aromatic carbocycles. The molecule has 0 saturated carbocycles. The van der Waals surface area contributed by atoms with E-state index in [0.717, 1.165) is 11.3 Å². The lowest BCUT2D eigenvalue weighted by molar-refractivity contribution is 0.273. The lowest BCUT2D eigenvalue weighted by Crippen LogP contribution is -2.00. The van der Waals surface area contributed by atoms with Gasteiger partial charge >= 0.3 is 0 Å². The van der Waals surface area contributed by atoms with Crippen molar-refractivity contribution >= 4 is 11.6 Å². The molecule has 0 amide bonds. The van der Waals surface area contributed by atoms with Crippen LogP contribution < -0.4 is 0 Å². The molecule has 1 N–H and O–H groups in total. The molecule has 2 aromatic rings. The smallest absolute Gasteiger partial charge is 0.0790 e. The molecular weight excluding hydrogens is 224 g/mol. The summed E-state index contributed by atoms with van der Waals surface area (Å²) in [5.74, 6) is 0.162. The van der Waals surface area contributed by atoms with Crippen LogP contribution in [0.25, 0.3) is 5.69 Å². The molecule has 4 heteroatoms. The van der Waals surface area contributed by atoms with Crippen molar-refractivity contribution in [1.29, 1.82) is 0 Å². The first-order valence-electron chi connectivity index (χ1n) is 5.12. The molecule has 84 valence electrons. The number of hydrogen-bond donors (Lipinski definition) is 1. The highest BCUT2D eigenvalue weighted by atomic mass is 35.5. The highest BCUT2D eigenvalue weighted by Crippen LogP contribution is 2.17. The molecule has 0 spiro atoms. The number of benzene rings is 1. The fourth-order valence-electron chi connectivity index (χ4n) is 1.50. The molecule has 1 heterocycles. The molecule has 1 unspecified atom stereocenters. The number of nitrogens with zero attached hydrogens (tertiary/aromatic N) is 2. The highest BCUT2D eigenvalue weighted by molar-refractivity contribution is 6.30. The highest BCUT2D eigenvalue weighted by Gasteiger charge is 2.04. The zero-order valence-corrected chi connectivity index (χ0v) is 9.72. The molecule has 2 rings (SSSR count). The normalized spacial score (nSPS) is 12.7. The molecule has 0 radical (unpaired) electrons. The van der Waals surface area contributed by atoms with E-state index in [9.17, 15) is 0 Å². The molecular formula is C12H13ClN2O. The molecule has 3 nitrogen and oxygen atoms in total. The van der Waals surface area contributed by atoms with Gasteiger partial charge in [0.2, 0.25) is 0 Å². The van der Waals surface area contributed by atoms with Crippen molar-refractivity contribution in [2.75, 3.05) is 6.61 Å². The summed E-state index contributed by atoms with van der Waals surface area (Å²) in [6, 6.07) is 7.91. The number of aliphatic hydroxyl groups excluding tert-OH is 1. The molecule has 1 atom stereocenters. The van der Waals surface area contributed by atoms with Crippen molar-refractivity contribution in [3.8, 4) is 5.69 Å². The second kappa shape index (κ2) is 4.68. The van der Waals surface area contributed by atoms with E-state index >= 15 is 0 Å². The van der Waals surface area contributed by atoms with Gasteiger partial charge in [-0.1, -0.05) is 30.7 Å². The van der Waals surface area contributed by atoms with E-state index in [4.69, 9.17) is 16.7 Å². The SMILES string of the molecule is CC(CO)c1ccc(-n2cc(Cl)cn2)cc1. The van der Waals surface area contributed by atoms with Gasteiger partial charge in [-0.2, -0.15) is 5.10 Å². The van der Waals surface area contributed by atoms with Gasteiger partial charge in [0.05, 0.1) is 16.9 Å². The first kappa shape index (κ1) is 11.2. The number of halogens is 1. The van der Waals surface area contributed by atoms with Crippen LogP contribution >= 0.6 is 11.6 Å². The zero-order chi connectivity index (χ0) is 11.5. The average Bonchev–Trinajstić information content (AvgIpc) is 2.75. The third-order valence-corrected chi connectivity index (χ3v) is 2.75. The maximum atomic E-state index is 9.04. The monoisotopic (exact) mass is 236 g/mol. The van der Waals surface area contributed by atoms with Crippen molar-refractivity contribution in [2.24, 2.45) is 0 Å². The van der Waals surface area contributed by atoms with E-state index in [1.165, 1.54) is 0 Å². The minimum Gasteiger partial charge on any atom is -0.396 e. The summed E-state index contributed by atoms with van der Waals surface area (Å²) in [6.45, 7) is 2.15. The molecule has 16 heavy (non-hydrogen) atoms. The minimum absolute atomic E-state index is 0.160. The zero-order valence-electron chi connectivity index (χ0n) is 8.97. The van der Waals surface area contributed by atoms with Crippen LogP contribution in [0.4, 0.5) is 0 Å². The Morgan fingerprint density at radius 1 is 1.38 bits per heavy atom. The van der Waals surface area contributed by atoms with Gasteiger partial charge in [0.15, 0.2) is 0 Å². The Morgan fingerprint density at radius 3 is 2.56 bits per heavy atom. The number of rotatable bonds is 3. The Labute approximate surface area is 99.3 Å². The summed E-state index contributed by atoms with van der Waals surface area (Å²) in [4.78, 5) is 0. The van der Waals surface area contributed by atoms with Crippen molar-refractivity contribution in [3.63, 3.8) is 0 Å². The summed E-state index contributed by atoms with van der Waals surface area (Å²) in [7, 11) is 0. The van der Waals surface area contributed by atoms with Crippen molar-refractivity contribution < 1.29 is 5.11 Å². The summed E-state index contributed by atoms with van der Waals surface area (Å²) >= 11 is 5.80. The Kier molecular flexibility index (Phi) is 3.27. The number of hydrogen-bond acceptors (Lipinski definition) is 2. The number of aromatic nitrogens is 2. The largest absolute Gasteiger partial charge is 0.396 e. The third-order valence-electron chi connectivity index (χ3n) is 2.55. The third kappa shape index (κ3) is 2.26. The summed E-state index contributed by atoms with van der Waals surface area (Å²) < 4.78 is 1.72. The Bertz CT molecular complexity index is 464. The van der Waals surface area contributed by atoms with Gasteiger partial charge in [-0.3, -0.25) is 0 Å². The maximum Gasteiger partial charge on any atom is 0.0790 e. The maximum absolute atomic E-state index is 9.04. The van der Waals surface area contributed by atoms with Crippen LogP contribution in [0.1, 0.15) is 18.4 Å². The van der Waals surface area contributed by atoms with Crippen LogP contribution in [0.15, 0.2) is 36.7 Å². The lowest BCUT2D eigenvalue weighted by atomic mass is 10.0. The van der Waals surface area contributed by atoms with Gasteiger partial charge < -0.3 is 5.11 Å².